The molecule has 0 amide bonds. The number of sulfone groups is 1. The molecular weight excluding hydrogens is 414 g/mol. The molecule has 0 saturated carbocycles. The molecule has 0 atom stereocenters. The summed E-state index contributed by atoms with van der Waals surface area (Å²) in [5.41, 5.74) is 1.57. The van der Waals surface area contributed by atoms with E-state index < -0.39 is 19.9 Å². The van der Waals surface area contributed by atoms with Crippen LogP contribution in [0.25, 0.3) is 0 Å². The summed E-state index contributed by atoms with van der Waals surface area (Å²) >= 11 is 0. The van der Waals surface area contributed by atoms with E-state index in [-0.39, 0.29) is 9.79 Å². The first-order valence-corrected chi connectivity index (χ1v) is 12.5. The van der Waals surface area contributed by atoms with Gasteiger partial charge in [0, 0.05) is 38.1 Å². The lowest BCUT2D eigenvalue weighted by atomic mass is 10.2. The Balaban J connectivity index is 1.87. The zero-order chi connectivity index (χ0) is 21.2. The van der Waals surface area contributed by atoms with E-state index in [0.29, 0.717) is 25.3 Å². The van der Waals surface area contributed by atoms with Gasteiger partial charge in [0.15, 0.2) is 9.84 Å². The lowest BCUT2D eigenvalue weighted by Gasteiger charge is -2.26. The number of anilines is 2. The highest BCUT2D eigenvalue weighted by atomic mass is 32.2. The minimum atomic E-state index is -3.99. The predicted octanol–water partition coefficient (Wildman–Crippen LogP) is 1.46. The predicted molar refractivity (Wildman–Crippen MR) is 113 cm³/mol. The van der Waals surface area contributed by atoms with Crippen LogP contribution in [0.15, 0.2) is 52.3 Å². The molecule has 1 aliphatic heterocycles. The zero-order valence-corrected chi connectivity index (χ0v) is 18.0. The molecule has 2 aromatic rings. The van der Waals surface area contributed by atoms with Gasteiger partial charge in [0.05, 0.1) is 22.6 Å². The van der Waals surface area contributed by atoms with Gasteiger partial charge < -0.3 is 14.5 Å². The van der Waals surface area contributed by atoms with Gasteiger partial charge in [-0.25, -0.2) is 22.0 Å². The normalized spacial score (nSPS) is 15.8. The number of ether oxygens (including phenoxy) is 1. The molecule has 0 unspecified atom stereocenters. The molecule has 158 valence electrons. The molecule has 2 N–H and O–H groups in total. The van der Waals surface area contributed by atoms with Crippen LogP contribution in [0.3, 0.4) is 0 Å². The molecule has 10 heteroatoms. The highest BCUT2D eigenvalue weighted by molar-refractivity contribution is 7.91. The van der Waals surface area contributed by atoms with Crippen molar-refractivity contribution in [3.05, 3.63) is 42.5 Å². The fraction of sp³-hybridized carbons (Fsp3) is 0.368. The first kappa shape index (κ1) is 21.4. The number of rotatable bonds is 5. The molecule has 1 aliphatic rings. The monoisotopic (exact) mass is 439 g/mol. The lowest BCUT2D eigenvalue weighted by Crippen LogP contribution is -2.31. The van der Waals surface area contributed by atoms with E-state index in [4.69, 9.17) is 9.88 Å². The van der Waals surface area contributed by atoms with Gasteiger partial charge in [0.2, 0.25) is 10.0 Å². The van der Waals surface area contributed by atoms with Crippen LogP contribution in [-0.2, 0) is 19.9 Å². The standard InChI is InChI=1S/C19H25N3O5S2/c1-27-16-6-4-15(5-7-16)21-10-3-11-22(13-12-21)18-9-8-17(29(20,25)26)14-19(18)28(2,23)24/h4-9,14H,3,10-13H2,1-2H3,(H2,20,25,26). The molecule has 0 aromatic heterocycles. The number of methoxy groups -OCH3 is 1. The number of nitrogens with two attached hydrogens (primary N) is 1. The maximum atomic E-state index is 12.3. The van der Waals surface area contributed by atoms with Gasteiger partial charge in [-0.2, -0.15) is 0 Å². The van der Waals surface area contributed by atoms with E-state index >= 15 is 0 Å². The van der Waals surface area contributed by atoms with E-state index in [2.05, 4.69) is 4.90 Å². The molecule has 1 heterocycles. The van der Waals surface area contributed by atoms with Crippen LogP contribution in [0.5, 0.6) is 5.75 Å². The lowest BCUT2D eigenvalue weighted by molar-refractivity contribution is 0.415. The van der Waals surface area contributed by atoms with Crippen LogP contribution in [-0.4, -0.2) is 56.4 Å². The third-order valence-electron chi connectivity index (χ3n) is 4.93. The summed E-state index contributed by atoms with van der Waals surface area (Å²) in [6, 6.07) is 11.8. The zero-order valence-electron chi connectivity index (χ0n) is 16.4. The molecule has 29 heavy (non-hydrogen) atoms. The average molecular weight is 440 g/mol. The highest BCUT2D eigenvalue weighted by Gasteiger charge is 2.23. The Hall–Kier alpha value is -2.30. The van der Waals surface area contributed by atoms with Crippen molar-refractivity contribution in [2.24, 2.45) is 5.14 Å². The number of hydrogen-bond donors (Lipinski definition) is 1. The van der Waals surface area contributed by atoms with Crippen molar-refractivity contribution in [2.75, 3.05) is 49.3 Å². The SMILES string of the molecule is COc1ccc(N2CCCN(c3ccc(S(N)(=O)=O)cc3S(C)(=O)=O)CC2)cc1. The molecule has 8 nitrogen and oxygen atoms in total. The summed E-state index contributed by atoms with van der Waals surface area (Å²) in [4.78, 5) is 3.98. The highest BCUT2D eigenvalue weighted by Crippen LogP contribution is 2.29. The van der Waals surface area contributed by atoms with Crippen molar-refractivity contribution in [3.8, 4) is 5.75 Å². The summed E-state index contributed by atoms with van der Waals surface area (Å²) in [5, 5.41) is 5.17. The van der Waals surface area contributed by atoms with Gasteiger partial charge >= 0.3 is 0 Å². The fourth-order valence-electron chi connectivity index (χ4n) is 3.44. The number of primary sulfonamides is 1. The summed E-state index contributed by atoms with van der Waals surface area (Å²) in [6.07, 6.45) is 1.90. The maximum absolute atomic E-state index is 12.3. The summed E-state index contributed by atoms with van der Waals surface area (Å²) in [7, 11) is -6.01. The Kier molecular flexibility index (Phi) is 6.06. The Morgan fingerprint density at radius 1 is 0.897 bits per heavy atom. The van der Waals surface area contributed by atoms with Gasteiger partial charge in [-0.15, -0.1) is 0 Å². The van der Waals surface area contributed by atoms with Crippen LogP contribution >= 0.6 is 0 Å². The molecule has 1 fully saturated rings. The minimum Gasteiger partial charge on any atom is -0.497 e. The van der Waals surface area contributed by atoms with E-state index in [9.17, 15) is 16.8 Å². The van der Waals surface area contributed by atoms with Crippen LogP contribution in [0.1, 0.15) is 6.42 Å². The first-order chi connectivity index (χ1) is 13.6. The topological polar surface area (TPSA) is 110 Å². The Morgan fingerprint density at radius 3 is 2.10 bits per heavy atom. The Bertz CT molecular complexity index is 1080. The van der Waals surface area contributed by atoms with E-state index in [1.165, 1.54) is 12.1 Å². The third-order valence-corrected chi connectivity index (χ3v) is 6.97. The number of hydrogen-bond acceptors (Lipinski definition) is 7. The van der Waals surface area contributed by atoms with Gasteiger partial charge in [-0.05, 0) is 48.9 Å². The third kappa shape index (κ3) is 5.01. The van der Waals surface area contributed by atoms with Gasteiger partial charge in [0.25, 0.3) is 0 Å². The van der Waals surface area contributed by atoms with Crippen LogP contribution in [0.2, 0.25) is 0 Å². The molecule has 1 saturated heterocycles. The minimum absolute atomic E-state index is 0.0260. The Morgan fingerprint density at radius 2 is 1.52 bits per heavy atom. The van der Waals surface area contributed by atoms with Crippen molar-refractivity contribution in [3.63, 3.8) is 0 Å². The Labute approximate surface area is 171 Å². The van der Waals surface area contributed by atoms with E-state index in [1.807, 2.05) is 29.2 Å². The number of sulfonamides is 1. The van der Waals surface area contributed by atoms with Crippen molar-refractivity contribution >= 4 is 31.2 Å². The summed E-state index contributed by atoms with van der Waals surface area (Å²) in [5.74, 6) is 0.790. The van der Waals surface area contributed by atoms with Crippen molar-refractivity contribution in [1.82, 2.24) is 0 Å². The summed E-state index contributed by atoms with van der Waals surface area (Å²) in [6.45, 7) is 2.78. The average Bonchev–Trinajstić information content (AvgIpc) is 2.92. The number of nitrogens with zero attached hydrogens (tertiary/aromatic N) is 2. The molecule has 0 bridgehead atoms. The largest absolute Gasteiger partial charge is 0.497 e. The molecular formula is C19H25N3O5S2. The van der Waals surface area contributed by atoms with Crippen molar-refractivity contribution < 1.29 is 21.6 Å². The van der Waals surface area contributed by atoms with Gasteiger partial charge in [0.1, 0.15) is 5.75 Å². The van der Waals surface area contributed by atoms with Crippen molar-refractivity contribution in [2.45, 2.75) is 16.2 Å². The summed E-state index contributed by atoms with van der Waals surface area (Å²) < 4.78 is 53.2. The van der Waals surface area contributed by atoms with Gasteiger partial charge in [-0.1, -0.05) is 0 Å². The molecule has 3 rings (SSSR count). The molecule has 0 radical (unpaired) electrons. The second kappa shape index (κ2) is 8.21. The molecule has 0 spiro atoms. The van der Waals surface area contributed by atoms with E-state index in [1.54, 1.807) is 7.11 Å². The van der Waals surface area contributed by atoms with Crippen molar-refractivity contribution in [1.29, 1.82) is 0 Å². The maximum Gasteiger partial charge on any atom is 0.238 e. The smallest absolute Gasteiger partial charge is 0.238 e. The van der Waals surface area contributed by atoms with Crippen LogP contribution < -0.4 is 19.7 Å². The number of benzene rings is 2. The second-order valence-electron chi connectivity index (χ2n) is 6.97. The quantitative estimate of drug-likeness (QED) is 0.751. The second-order valence-corrected chi connectivity index (χ2v) is 10.5. The van der Waals surface area contributed by atoms with E-state index in [0.717, 1.165) is 36.7 Å². The fourth-order valence-corrected chi connectivity index (χ4v) is 4.97. The van der Waals surface area contributed by atoms with Crippen LogP contribution in [0.4, 0.5) is 11.4 Å². The first-order valence-electron chi connectivity index (χ1n) is 9.10. The van der Waals surface area contributed by atoms with Gasteiger partial charge in [-0.3, -0.25) is 0 Å². The van der Waals surface area contributed by atoms with Crippen LogP contribution in [0, 0.1) is 0 Å². The molecule has 0 aliphatic carbocycles. The molecule has 2 aromatic carbocycles.